The zero-order valence-electron chi connectivity index (χ0n) is 10.6. The summed E-state index contributed by atoms with van der Waals surface area (Å²) in [4.78, 5) is 9.28. The van der Waals surface area contributed by atoms with E-state index in [1.54, 1.807) is 23.1 Å². The summed E-state index contributed by atoms with van der Waals surface area (Å²) in [6.07, 6.45) is 0. The molecule has 19 heavy (non-hydrogen) atoms. The number of hydrogen-bond acceptors (Lipinski definition) is 4. The zero-order chi connectivity index (χ0) is 13.2. The van der Waals surface area contributed by atoms with Crippen LogP contribution in [0.4, 0.5) is 0 Å². The maximum Gasteiger partial charge on any atom is 0.167 e. The van der Waals surface area contributed by atoms with Crippen molar-refractivity contribution < 1.29 is 0 Å². The molecule has 3 aromatic rings. The standard InChI is InChI=1S/C14H15N3S2/c1-9-6-7-18-13(9)12(8-15)19-14-16-10-4-2-3-5-11(10)17-14/h2-7,12H,8,15H2,1H3,(H,16,17). The van der Waals surface area contributed by atoms with Gasteiger partial charge in [-0.2, -0.15) is 0 Å². The molecule has 1 aromatic carbocycles. The fourth-order valence-electron chi connectivity index (χ4n) is 2.04. The molecule has 1 atom stereocenters. The number of H-pyrrole nitrogens is 1. The lowest BCUT2D eigenvalue weighted by molar-refractivity contribution is 0.939. The summed E-state index contributed by atoms with van der Waals surface area (Å²) in [5.74, 6) is 0. The molecule has 3 N–H and O–H groups in total. The second kappa shape index (κ2) is 5.36. The van der Waals surface area contributed by atoms with Crippen molar-refractivity contribution in [1.82, 2.24) is 9.97 Å². The van der Waals surface area contributed by atoms with Gasteiger partial charge in [-0.25, -0.2) is 4.98 Å². The van der Waals surface area contributed by atoms with Crippen LogP contribution >= 0.6 is 23.1 Å². The second-order valence-electron chi connectivity index (χ2n) is 4.37. The van der Waals surface area contributed by atoms with E-state index in [9.17, 15) is 0 Å². The molecule has 0 amide bonds. The van der Waals surface area contributed by atoms with Gasteiger partial charge in [0.2, 0.25) is 0 Å². The molecule has 0 aliphatic heterocycles. The molecule has 2 heterocycles. The Hall–Kier alpha value is -1.30. The van der Waals surface area contributed by atoms with Crippen LogP contribution in [0.5, 0.6) is 0 Å². The predicted molar refractivity (Wildman–Crippen MR) is 82.8 cm³/mol. The topological polar surface area (TPSA) is 54.7 Å². The molecular formula is C14H15N3S2. The Morgan fingerprint density at radius 3 is 2.89 bits per heavy atom. The predicted octanol–water partition coefficient (Wildman–Crippen LogP) is 3.72. The second-order valence-corrected chi connectivity index (χ2v) is 6.51. The minimum absolute atomic E-state index is 0.264. The van der Waals surface area contributed by atoms with Gasteiger partial charge >= 0.3 is 0 Å². The van der Waals surface area contributed by atoms with Gasteiger partial charge in [0.1, 0.15) is 0 Å². The van der Waals surface area contributed by atoms with Crippen molar-refractivity contribution in [2.24, 2.45) is 5.73 Å². The Bertz CT molecular complexity index is 654. The average molecular weight is 289 g/mol. The Morgan fingerprint density at radius 1 is 1.37 bits per heavy atom. The van der Waals surface area contributed by atoms with E-state index in [2.05, 4.69) is 28.3 Å². The third-order valence-corrected chi connectivity index (χ3v) is 5.44. The molecule has 0 fully saturated rings. The van der Waals surface area contributed by atoms with Gasteiger partial charge in [0.15, 0.2) is 5.16 Å². The lowest BCUT2D eigenvalue weighted by atomic mass is 10.2. The normalized spacial score (nSPS) is 12.9. The minimum atomic E-state index is 0.264. The Kier molecular flexibility index (Phi) is 3.59. The van der Waals surface area contributed by atoms with Crippen molar-refractivity contribution >= 4 is 34.1 Å². The van der Waals surface area contributed by atoms with Crippen LogP contribution in [-0.2, 0) is 0 Å². The average Bonchev–Trinajstić information content (AvgIpc) is 3.01. The number of nitrogens with two attached hydrogens (primary N) is 1. The largest absolute Gasteiger partial charge is 0.333 e. The van der Waals surface area contributed by atoms with Crippen LogP contribution < -0.4 is 5.73 Å². The van der Waals surface area contributed by atoms with Gasteiger partial charge in [-0.05, 0) is 36.1 Å². The number of benzene rings is 1. The molecule has 0 saturated carbocycles. The number of nitrogens with zero attached hydrogens (tertiary/aromatic N) is 1. The summed E-state index contributed by atoms with van der Waals surface area (Å²) >= 11 is 3.47. The van der Waals surface area contributed by atoms with E-state index in [0.717, 1.165) is 16.2 Å². The van der Waals surface area contributed by atoms with Crippen molar-refractivity contribution in [2.45, 2.75) is 17.3 Å². The molecule has 0 saturated heterocycles. The first-order valence-electron chi connectivity index (χ1n) is 6.13. The molecule has 0 aliphatic carbocycles. The Balaban J connectivity index is 1.88. The molecule has 1 unspecified atom stereocenters. The molecule has 0 bridgehead atoms. The van der Waals surface area contributed by atoms with Gasteiger partial charge in [-0.15, -0.1) is 11.3 Å². The number of hydrogen-bond donors (Lipinski definition) is 2. The maximum atomic E-state index is 5.92. The van der Waals surface area contributed by atoms with E-state index < -0.39 is 0 Å². The summed E-state index contributed by atoms with van der Waals surface area (Å²) in [5, 5.41) is 3.32. The monoisotopic (exact) mass is 289 g/mol. The Labute approximate surface area is 120 Å². The number of thioether (sulfide) groups is 1. The molecule has 3 rings (SSSR count). The number of para-hydroxylation sites is 2. The molecule has 3 nitrogen and oxygen atoms in total. The van der Waals surface area contributed by atoms with Gasteiger partial charge in [0.05, 0.1) is 16.3 Å². The van der Waals surface area contributed by atoms with Gasteiger partial charge in [0.25, 0.3) is 0 Å². The summed E-state index contributed by atoms with van der Waals surface area (Å²) in [7, 11) is 0. The fourth-order valence-corrected chi connectivity index (χ4v) is 4.25. The van der Waals surface area contributed by atoms with Crippen LogP contribution in [0.25, 0.3) is 11.0 Å². The van der Waals surface area contributed by atoms with Crippen molar-refractivity contribution in [1.29, 1.82) is 0 Å². The first kappa shape index (κ1) is 12.7. The van der Waals surface area contributed by atoms with E-state index in [1.807, 2.05) is 24.3 Å². The maximum absolute atomic E-state index is 5.92. The highest BCUT2D eigenvalue weighted by Gasteiger charge is 2.17. The summed E-state index contributed by atoms with van der Waals surface area (Å²) in [5.41, 5.74) is 9.30. The van der Waals surface area contributed by atoms with Gasteiger partial charge < -0.3 is 10.7 Å². The number of thiophene rings is 1. The van der Waals surface area contributed by atoms with Gasteiger partial charge in [0, 0.05) is 11.4 Å². The molecule has 2 aromatic heterocycles. The molecule has 98 valence electrons. The number of aryl methyl sites for hydroxylation is 1. The first-order valence-corrected chi connectivity index (χ1v) is 7.89. The minimum Gasteiger partial charge on any atom is -0.333 e. The van der Waals surface area contributed by atoms with Gasteiger partial charge in [-0.3, -0.25) is 0 Å². The van der Waals surface area contributed by atoms with Crippen LogP contribution in [0.1, 0.15) is 15.7 Å². The first-order chi connectivity index (χ1) is 9.28. The van der Waals surface area contributed by atoms with E-state index in [-0.39, 0.29) is 5.25 Å². The summed E-state index contributed by atoms with van der Waals surface area (Å²) in [6.45, 7) is 2.75. The van der Waals surface area contributed by atoms with Crippen molar-refractivity contribution in [3.63, 3.8) is 0 Å². The zero-order valence-corrected chi connectivity index (χ0v) is 12.2. The van der Waals surface area contributed by atoms with Crippen molar-refractivity contribution in [3.05, 3.63) is 46.2 Å². The van der Waals surface area contributed by atoms with Crippen LogP contribution in [-0.4, -0.2) is 16.5 Å². The molecule has 5 heteroatoms. The van der Waals surface area contributed by atoms with Crippen LogP contribution in [0, 0.1) is 6.92 Å². The van der Waals surface area contributed by atoms with Crippen molar-refractivity contribution in [2.75, 3.05) is 6.54 Å². The molecule has 0 spiro atoms. The third kappa shape index (κ3) is 2.54. The lowest BCUT2D eigenvalue weighted by Gasteiger charge is -2.11. The molecular weight excluding hydrogens is 274 g/mol. The van der Waals surface area contributed by atoms with Crippen LogP contribution in [0.2, 0.25) is 0 Å². The number of aromatic nitrogens is 2. The number of imidazole rings is 1. The highest BCUT2D eigenvalue weighted by Crippen LogP contribution is 2.37. The lowest BCUT2D eigenvalue weighted by Crippen LogP contribution is -2.09. The quantitative estimate of drug-likeness (QED) is 0.720. The number of rotatable bonds is 4. The smallest absolute Gasteiger partial charge is 0.167 e. The SMILES string of the molecule is Cc1ccsc1C(CN)Sc1nc2ccccc2[nH]1. The third-order valence-electron chi connectivity index (χ3n) is 3.03. The summed E-state index contributed by atoms with van der Waals surface area (Å²) in [6, 6.07) is 10.2. The van der Waals surface area contributed by atoms with Crippen LogP contribution in [0.15, 0.2) is 40.9 Å². The van der Waals surface area contributed by atoms with Crippen LogP contribution in [0.3, 0.4) is 0 Å². The fraction of sp³-hybridized carbons (Fsp3) is 0.214. The van der Waals surface area contributed by atoms with Crippen molar-refractivity contribution in [3.8, 4) is 0 Å². The Morgan fingerprint density at radius 2 is 2.21 bits per heavy atom. The van der Waals surface area contributed by atoms with E-state index in [0.29, 0.717) is 6.54 Å². The highest BCUT2D eigenvalue weighted by molar-refractivity contribution is 7.99. The number of nitrogens with one attached hydrogen (secondary N) is 1. The van der Waals surface area contributed by atoms with Gasteiger partial charge in [-0.1, -0.05) is 23.9 Å². The van der Waals surface area contributed by atoms with E-state index in [1.165, 1.54) is 10.4 Å². The molecule has 0 radical (unpaired) electrons. The number of aromatic amines is 1. The van der Waals surface area contributed by atoms with E-state index in [4.69, 9.17) is 5.73 Å². The number of fused-ring (bicyclic) bond motifs is 1. The van der Waals surface area contributed by atoms with E-state index >= 15 is 0 Å². The molecule has 0 aliphatic rings. The highest BCUT2D eigenvalue weighted by atomic mass is 32.2. The summed E-state index contributed by atoms with van der Waals surface area (Å²) < 4.78 is 0.